The summed E-state index contributed by atoms with van der Waals surface area (Å²) in [6, 6.07) is 22.3. The number of nitriles is 1. The Morgan fingerprint density at radius 3 is 2.65 bits per heavy atom. The van der Waals surface area contributed by atoms with E-state index in [-0.39, 0.29) is 0 Å². The minimum atomic E-state index is 0.664. The summed E-state index contributed by atoms with van der Waals surface area (Å²) in [7, 11) is 0. The molecule has 0 aliphatic heterocycles. The molecule has 0 saturated carbocycles. The van der Waals surface area contributed by atoms with Crippen LogP contribution in [0.5, 0.6) is 0 Å². The normalized spacial score (nSPS) is 10.6. The Bertz CT molecular complexity index is 1020. The summed E-state index contributed by atoms with van der Waals surface area (Å²) >= 11 is 0. The zero-order chi connectivity index (χ0) is 15.6. The average Bonchev–Trinajstić information content (AvgIpc) is 3.05. The molecule has 2 aromatic carbocycles. The van der Waals surface area contributed by atoms with E-state index in [0.717, 1.165) is 27.7 Å². The molecule has 0 unspecified atom stereocenters. The van der Waals surface area contributed by atoms with Gasteiger partial charge in [0.25, 0.3) is 0 Å². The maximum Gasteiger partial charge on any atom is 0.101 e. The molecule has 0 spiro atoms. The van der Waals surface area contributed by atoms with Crippen LogP contribution in [-0.2, 0) is 0 Å². The molecule has 0 aliphatic carbocycles. The number of para-hydroxylation sites is 1. The number of fused-ring (bicyclic) bond motifs is 1. The summed E-state index contributed by atoms with van der Waals surface area (Å²) in [6.45, 7) is 0. The lowest BCUT2D eigenvalue weighted by molar-refractivity contribution is 1.12. The molecule has 0 N–H and O–H groups in total. The quantitative estimate of drug-likeness (QED) is 0.544. The van der Waals surface area contributed by atoms with Crippen molar-refractivity contribution in [2.45, 2.75) is 0 Å². The Morgan fingerprint density at radius 1 is 0.913 bits per heavy atom. The van der Waals surface area contributed by atoms with Gasteiger partial charge in [-0.15, -0.1) is 0 Å². The van der Waals surface area contributed by atoms with Crippen LogP contribution in [0.1, 0.15) is 5.56 Å². The highest BCUT2D eigenvalue weighted by molar-refractivity contribution is 5.87. The van der Waals surface area contributed by atoms with Crippen molar-refractivity contribution in [1.82, 2.24) is 9.55 Å². The van der Waals surface area contributed by atoms with Gasteiger partial charge in [0.05, 0.1) is 16.8 Å². The molecule has 3 heteroatoms. The molecule has 2 heterocycles. The van der Waals surface area contributed by atoms with Gasteiger partial charge in [-0.3, -0.25) is 4.98 Å². The lowest BCUT2D eigenvalue weighted by atomic mass is 10.1. The molecule has 0 aliphatic rings. The van der Waals surface area contributed by atoms with Gasteiger partial charge in [0, 0.05) is 24.2 Å². The van der Waals surface area contributed by atoms with Gasteiger partial charge < -0.3 is 4.57 Å². The number of rotatable bonds is 2. The summed E-state index contributed by atoms with van der Waals surface area (Å²) in [5, 5.41) is 10.5. The molecule has 0 radical (unpaired) electrons. The molecule has 3 nitrogen and oxygen atoms in total. The molecule has 0 fully saturated rings. The highest BCUT2D eigenvalue weighted by Gasteiger charge is 2.08. The fourth-order valence-corrected chi connectivity index (χ4v) is 2.83. The summed E-state index contributed by atoms with van der Waals surface area (Å²) in [5.41, 5.74) is 4.83. The molecule has 2 aromatic heterocycles. The molecule has 0 bridgehead atoms. The monoisotopic (exact) mass is 295 g/mol. The maximum atomic E-state index is 9.35. The van der Waals surface area contributed by atoms with Crippen molar-refractivity contribution in [3.05, 3.63) is 84.8 Å². The van der Waals surface area contributed by atoms with Crippen molar-refractivity contribution < 1.29 is 0 Å². The van der Waals surface area contributed by atoms with Crippen LogP contribution < -0.4 is 0 Å². The predicted molar refractivity (Wildman–Crippen MR) is 91.2 cm³/mol. The zero-order valence-electron chi connectivity index (χ0n) is 12.3. The van der Waals surface area contributed by atoms with E-state index in [4.69, 9.17) is 0 Å². The maximum absolute atomic E-state index is 9.35. The second-order valence-electron chi connectivity index (χ2n) is 5.33. The number of pyridine rings is 1. The first-order valence-corrected chi connectivity index (χ1v) is 7.38. The summed E-state index contributed by atoms with van der Waals surface area (Å²) in [4.78, 5) is 4.19. The average molecular weight is 295 g/mol. The topological polar surface area (TPSA) is 41.6 Å². The van der Waals surface area contributed by atoms with Gasteiger partial charge >= 0.3 is 0 Å². The van der Waals surface area contributed by atoms with Crippen molar-refractivity contribution in [3.63, 3.8) is 0 Å². The van der Waals surface area contributed by atoms with E-state index in [1.54, 1.807) is 6.20 Å². The summed E-state index contributed by atoms with van der Waals surface area (Å²) in [6.07, 6.45) is 5.64. The van der Waals surface area contributed by atoms with Crippen LogP contribution in [0, 0.1) is 11.3 Å². The Balaban J connectivity index is 1.94. The second kappa shape index (κ2) is 5.43. The minimum Gasteiger partial charge on any atom is -0.315 e. The van der Waals surface area contributed by atoms with Crippen LogP contribution in [0.15, 0.2) is 79.3 Å². The Morgan fingerprint density at radius 2 is 1.83 bits per heavy atom. The SMILES string of the molecule is N#Cc1ccccc1-n1ccc2ccc(-c3cccnc3)cc21. The van der Waals surface area contributed by atoms with E-state index >= 15 is 0 Å². The van der Waals surface area contributed by atoms with Crippen LogP contribution in [0.25, 0.3) is 27.7 Å². The van der Waals surface area contributed by atoms with Gasteiger partial charge in [-0.2, -0.15) is 5.26 Å². The lowest BCUT2D eigenvalue weighted by Crippen LogP contribution is -1.95. The van der Waals surface area contributed by atoms with E-state index in [9.17, 15) is 5.26 Å². The van der Waals surface area contributed by atoms with Gasteiger partial charge in [-0.05, 0) is 41.3 Å². The first kappa shape index (κ1) is 13.3. The first-order valence-electron chi connectivity index (χ1n) is 7.38. The third-order valence-corrected chi connectivity index (χ3v) is 3.97. The smallest absolute Gasteiger partial charge is 0.101 e. The van der Waals surface area contributed by atoms with Gasteiger partial charge in [0.15, 0.2) is 0 Å². The van der Waals surface area contributed by atoms with Gasteiger partial charge in [-0.25, -0.2) is 0 Å². The van der Waals surface area contributed by atoms with E-state index in [1.165, 1.54) is 0 Å². The number of nitrogens with zero attached hydrogens (tertiary/aromatic N) is 3. The van der Waals surface area contributed by atoms with Crippen LogP contribution in [-0.4, -0.2) is 9.55 Å². The fraction of sp³-hybridized carbons (Fsp3) is 0. The number of hydrogen-bond donors (Lipinski definition) is 0. The molecular formula is C20H13N3. The Kier molecular flexibility index (Phi) is 3.14. The summed E-state index contributed by atoms with van der Waals surface area (Å²) < 4.78 is 2.06. The van der Waals surface area contributed by atoms with Crippen molar-refractivity contribution >= 4 is 10.9 Å². The van der Waals surface area contributed by atoms with Gasteiger partial charge in [0.2, 0.25) is 0 Å². The van der Waals surface area contributed by atoms with Crippen LogP contribution >= 0.6 is 0 Å². The van der Waals surface area contributed by atoms with Crippen molar-refractivity contribution in [3.8, 4) is 22.9 Å². The lowest BCUT2D eigenvalue weighted by Gasteiger charge is -2.09. The van der Waals surface area contributed by atoms with Gasteiger partial charge in [0.1, 0.15) is 6.07 Å². The molecular weight excluding hydrogens is 282 g/mol. The molecule has 0 amide bonds. The largest absolute Gasteiger partial charge is 0.315 e. The number of benzene rings is 2. The second-order valence-corrected chi connectivity index (χ2v) is 5.33. The first-order chi connectivity index (χ1) is 11.4. The van der Waals surface area contributed by atoms with E-state index < -0.39 is 0 Å². The fourth-order valence-electron chi connectivity index (χ4n) is 2.83. The van der Waals surface area contributed by atoms with Gasteiger partial charge in [-0.1, -0.05) is 30.3 Å². The van der Waals surface area contributed by atoms with E-state index in [2.05, 4.69) is 39.9 Å². The number of hydrogen-bond acceptors (Lipinski definition) is 2. The highest BCUT2D eigenvalue weighted by atomic mass is 15.0. The minimum absolute atomic E-state index is 0.664. The van der Waals surface area contributed by atoms with Crippen molar-refractivity contribution in [1.29, 1.82) is 5.26 Å². The number of aromatic nitrogens is 2. The van der Waals surface area contributed by atoms with E-state index in [0.29, 0.717) is 5.56 Å². The van der Waals surface area contributed by atoms with E-state index in [1.807, 2.05) is 48.8 Å². The Labute approximate surface area is 134 Å². The van der Waals surface area contributed by atoms with Crippen LogP contribution in [0.2, 0.25) is 0 Å². The van der Waals surface area contributed by atoms with Crippen molar-refractivity contribution in [2.75, 3.05) is 0 Å². The molecule has 4 aromatic rings. The molecule has 0 atom stereocenters. The predicted octanol–water partition coefficient (Wildman–Crippen LogP) is 4.56. The van der Waals surface area contributed by atoms with Crippen LogP contribution in [0.4, 0.5) is 0 Å². The summed E-state index contributed by atoms with van der Waals surface area (Å²) in [5.74, 6) is 0. The molecule has 4 rings (SSSR count). The highest BCUT2D eigenvalue weighted by Crippen LogP contribution is 2.27. The molecule has 23 heavy (non-hydrogen) atoms. The van der Waals surface area contributed by atoms with Crippen LogP contribution in [0.3, 0.4) is 0 Å². The van der Waals surface area contributed by atoms with Crippen molar-refractivity contribution in [2.24, 2.45) is 0 Å². The molecule has 0 saturated heterocycles. The standard InChI is InChI=1S/C20H13N3/c21-13-17-4-1-2-6-19(17)23-11-9-15-7-8-16(12-20(15)23)18-5-3-10-22-14-18/h1-12,14H. The third kappa shape index (κ3) is 2.27. The third-order valence-electron chi connectivity index (χ3n) is 3.97. The Hall–Kier alpha value is -3.38. The molecule has 108 valence electrons. The zero-order valence-corrected chi connectivity index (χ0v) is 12.3.